The Hall–Kier alpha value is -1.14. The number of aliphatic hydroxyl groups is 1. The van der Waals surface area contributed by atoms with Gasteiger partial charge in [-0.2, -0.15) is 0 Å². The van der Waals surface area contributed by atoms with E-state index in [-0.39, 0.29) is 30.5 Å². The van der Waals surface area contributed by atoms with Crippen molar-refractivity contribution in [1.29, 1.82) is 0 Å². The molecule has 0 spiro atoms. The number of carbonyl (C=O) groups is 2. The van der Waals surface area contributed by atoms with Gasteiger partial charge in [0.15, 0.2) is 0 Å². The Bertz CT molecular complexity index is 441. The van der Waals surface area contributed by atoms with Gasteiger partial charge in [0.2, 0.25) is 0 Å². The summed E-state index contributed by atoms with van der Waals surface area (Å²) in [5, 5.41) is 13.9. The Balaban J connectivity index is 2.29. The van der Waals surface area contributed by atoms with Crippen LogP contribution >= 0.6 is 0 Å². The van der Waals surface area contributed by atoms with Gasteiger partial charge in [-0.15, -0.1) is 0 Å². The van der Waals surface area contributed by atoms with E-state index >= 15 is 0 Å². The molecule has 6 nitrogen and oxygen atoms in total. The van der Waals surface area contributed by atoms with Crippen molar-refractivity contribution in [2.75, 3.05) is 19.8 Å². The number of fused-ring (bicyclic) bond motifs is 1. The van der Waals surface area contributed by atoms with E-state index < -0.39 is 17.5 Å². The quantitative estimate of drug-likeness (QED) is 0.715. The lowest BCUT2D eigenvalue weighted by Gasteiger charge is -2.46. The number of nitrogens with one attached hydrogen (secondary N) is 1. The average molecular weight is 327 g/mol. The van der Waals surface area contributed by atoms with E-state index in [0.717, 1.165) is 19.4 Å². The van der Waals surface area contributed by atoms with Crippen molar-refractivity contribution in [2.24, 2.45) is 17.3 Å². The van der Waals surface area contributed by atoms with Crippen LogP contribution in [0.25, 0.3) is 0 Å². The molecule has 0 aromatic carbocycles. The number of esters is 2. The molecule has 2 fully saturated rings. The third-order valence-electron chi connectivity index (χ3n) is 5.44. The van der Waals surface area contributed by atoms with Crippen LogP contribution in [0.15, 0.2) is 0 Å². The molecule has 0 aromatic rings. The lowest BCUT2D eigenvalue weighted by atomic mass is 9.61. The van der Waals surface area contributed by atoms with Crippen molar-refractivity contribution in [3.63, 3.8) is 0 Å². The maximum Gasteiger partial charge on any atom is 0.315 e. The fourth-order valence-corrected chi connectivity index (χ4v) is 4.49. The predicted molar refractivity (Wildman–Crippen MR) is 84.6 cm³/mol. The van der Waals surface area contributed by atoms with Crippen molar-refractivity contribution < 1.29 is 24.2 Å². The molecule has 0 bridgehead atoms. The highest BCUT2D eigenvalue weighted by atomic mass is 16.6. The molecule has 23 heavy (non-hydrogen) atoms. The summed E-state index contributed by atoms with van der Waals surface area (Å²) in [6.45, 7) is 6.36. The third-order valence-corrected chi connectivity index (χ3v) is 5.44. The summed E-state index contributed by atoms with van der Waals surface area (Å²) in [5.41, 5.74) is -0.824. The van der Waals surface area contributed by atoms with Crippen molar-refractivity contribution in [2.45, 2.75) is 58.6 Å². The summed E-state index contributed by atoms with van der Waals surface area (Å²) in [4.78, 5) is 24.0. The van der Waals surface area contributed by atoms with Gasteiger partial charge >= 0.3 is 11.9 Å². The fourth-order valence-electron chi connectivity index (χ4n) is 4.49. The lowest BCUT2D eigenvalue weighted by molar-refractivity contribution is -0.177. The second kappa shape index (κ2) is 7.62. The van der Waals surface area contributed by atoms with Gasteiger partial charge in [0.25, 0.3) is 0 Å². The molecule has 0 amide bonds. The molecule has 0 aliphatic heterocycles. The van der Waals surface area contributed by atoms with Gasteiger partial charge in [-0.25, -0.2) is 0 Å². The molecule has 132 valence electrons. The third kappa shape index (κ3) is 3.53. The molecule has 2 aliphatic rings. The van der Waals surface area contributed by atoms with Crippen LogP contribution < -0.4 is 5.32 Å². The predicted octanol–water partition coefficient (Wildman–Crippen LogP) is 1.26. The van der Waals surface area contributed by atoms with E-state index in [0.29, 0.717) is 19.4 Å². The molecule has 0 unspecified atom stereocenters. The van der Waals surface area contributed by atoms with Gasteiger partial charge < -0.3 is 19.9 Å². The molecule has 5 atom stereocenters. The zero-order chi connectivity index (χ0) is 17.0. The van der Waals surface area contributed by atoms with Gasteiger partial charge in [0.1, 0.15) is 12.0 Å². The maximum absolute atomic E-state index is 12.7. The summed E-state index contributed by atoms with van der Waals surface area (Å²) < 4.78 is 10.6. The SMILES string of the molecule is CCN[C@@H]1CC[C@H]2[C@@H]1[C@@H](O)CC[C@@]2(COC(C)=O)C(=O)OCC. The molecule has 2 rings (SSSR count). The molecule has 2 aliphatic carbocycles. The molecule has 0 radical (unpaired) electrons. The minimum absolute atomic E-state index is 0.00339. The van der Waals surface area contributed by atoms with E-state index in [1.165, 1.54) is 6.92 Å². The van der Waals surface area contributed by atoms with Crippen molar-refractivity contribution in [3.8, 4) is 0 Å². The summed E-state index contributed by atoms with van der Waals surface area (Å²) in [6, 6.07) is 0.200. The molecular weight excluding hydrogens is 298 g/mol. The van der Waals surface area contributed by atoms with Crippen LogP contribution in [0.4, 0.5) is 0 Å². The summed E-state index contributed by atoms with van der Waals surface area (Å²) in [6.07, 6.45) is 2.36. The number of ether oxygens (including phenoxy) is 2. The van der Waals surface area contributed by atoms with Gasteiger partial charge in [0.05, 0.1) is 12.7 Å². The van der Waals surface area contributed by atoms with Crippen LogP contribution in [0.2, 0.25) is 0 Å². The minimum atomic E-state index is -0.824. The first-order valence-electron chi connectivity index (χ1n) is 8.68. The molecule has 0 heterocycles. The van der Waals surface area contributed by atoms with Crippen LogP contribution in [-0.4, -0.2) is 48.9 Å². The van der Waals surface area contributed by atoms with E-state index in [4.69, 9.17) is 9.47 Å². The first-order valence-corrected chi connectivity index (χ1v) is 8.68. The van der Waals surface area contributed by atoms with E-state index in [1.807, 2.05) is 6.92 Å². The smallest absolute Gasteiger partial charge is 0.315 e. The summed E-state index contributed by atoms with van der Waals surface area (Å²) in [5.74, 6) is -0.699. The van der Waals surface area contributed by atoms with Crippen LogP contribution in [0.5, 0.6) is 0 Å². The van der Waals surface area contributed by atoms with Crippen LogP contribution in [0, 0.1) is 17.3 Å². The Morgan fingerprint density at radius 3 is 2.57 bits per heavy atom. The van der Waals surface area contributed by atoms with Crippen molar-refractivity contribution in [3.05, 3.63) is 0 Å². The fraction of sp³-hybridized carbons (Fsp3) is 0.882. The van der Waals surface area contributed by atoms with Gasteiger partial charge in [-0.1, -0.05) is 6.92 Å². The molecule has 2 N–H and O–H groups in total. The van der Waals surface area contributed by atoms with Crippen LogP contribution in [-0.2, 0) is 19.1 Å². The first kappa shape index (κ1) is 18.2. The minimum Gasteiger partial charge on any atom is -0.465 e. The van der Waals surface area contributed by atoms with Crippen molar-refractivity contribution >= 4 is 11.9 Å². The van der Waals surface area contributed by atoms with Gasteiger partial charge in [0, 0.05) is 18.9 Å². The highest BCUT2D eigenvalue weighted by molar-refractivity contribution is 5.78. The largest absolute Gasteiger partial charge is 0.465 e. The molecular formula is C17H29NO5. The second-order valence-corrected chi connectivity index (χ2v) is 6.69. The molecule has 0 aromatic heterocycles. The Kier molecular flexibility index (Phi) is 6.03. The van der Waals surface area contributed by atoms with E-state index in [1.54, 1.807) is 6.92 Å². The standard InChI is InChI=1S/C17H29NO5/c1-4-18-13-7-6-12-15(13)14(20)8-9-17(12,10-23-11(3)19)16(21)22-5-2/h12-15,18,20H,4-10H2,1-3H3/t12-,13+,14-,15-,17-/m0/s1. The average Bonchev–Trinajstić information content (AvgIpc) is 2.93. The molecule has 0 saturated heterocycles. The maximum atomic E-state index is 12.7. The number of hydrogen-bond donors (Lipinski definition) is 2. The first-order chi connectivity index (χ1) is 11.0. The van der Waals surface area contributed by atoms with Gasteiger partial charge in [-0.05, 0) is 45.1 Å². The van der Waals surface area contributed by atoms with Crippen LogP contribution in [0.1, 0.15) is 46.5 Å². The highest BCUT2D eigenvalue weighted by Gasteiger charge is 2.59. The number of carbonyl (C=O) groups excluding carboxylic acids is 2. The Labute approximate surface area is 137 Å². The number of hydrogen-bond acceptors (Lipinski definition) is 6. The zero-order valence-corrected chi connectivity index (χ0v) is 14.3. The Morgan fingerprint density at radius 2 is 1.96 bits per heavy atom. The Morgan fingerprint density at radius 1 is 1.22 bits per heavy atom. The topological polar surface area (TPSA) is 84.9 Å². The van der Waals surface area contributed by atoms with Crippen LogP contribution in [0.3, 0.4) is 0 Å². The summed E-state index contributed by atoms with van der Waals surface area (Å²) >= 11 is 0. The van der Waals surface area contributed by atoms with Crippen molar-refractivity contribution in [1.82, 2.24) is 5.32 Å². The van der Waals surface area contributed by atoms with E-state index in [9.17, 15) is 14.7 Å². The monoisotopic (exact) mass is 327 g/mol. The normalized spacial score (nSPS) is 36.3. The molecule has 6 heteroatoms. The summed E-state index contributed by atoms with van der Waals surface area (Å²) in [7, 11) is 0. The molecule has 2 saturated carbocycles. The zero-order valence-electron chi connectivity index (χ0n) is 14.3. The number of aliphatic hydroxyl groups excluding tert-OH is 1. The number of rotatable bonds is 6. The van der Waals surface area contributed by atoms with E-state index in [2.05, 4.69) is 5.32 Å². The highest BCUT2D eigenvalue weighted by Crippen LogP contribution is 2.53. The second-order valence-electron chi connectivity index (χ2n) is 6.69. The lowest BCUT2D eigenvalue weighted by Crippen LogP contribution is -2.54. The van der Waals surface area contributed by atoms with Gasteiger partial charge in [-0.3, -0.25) is 9.59 Å².